The number of nitrogens with zero attached hydrogens (tertiary/aromatic N) is 2. The van der Waals surface area contributed by atoms with Gasteiger partial charge in [0.15, 0.2) is 5.96 Å². The molecule has 0 radical (unpaired) electrons. The molecule has 2 N–H and O–H groups in total. The minimum Gasteiger partial charge on any atom is -0.370 e. The van der Waals surface area contributed by atoms with Gasteiger partial charge in [0.05, 0.1) is 12.6 Å². The normalized spacial score (nSPS) is 19.9. The summed E-state index contributed by atoms with van der Waals surface area (Å²) < 4.78 is 1.26. The van der Waals surface area contributed by atoms with Crippen molar-refractivity contribution in [1.29, 1.82) is 0 Å². The van der Waals surface area contributed by atoms with Crippen molar-refractivity contribution in [1.82, 2.24) is 4.90 Å². The van der Waals surface area contributed by atoms with E-state index in [-0.39, 0.29) is 0 Å². The van der Waals surface area contributed by atoms with Gasteiger partial charge in [0.1, 0.15) is 0 Å². The molecule has 1 aliphatic rings. The highest BCUT2D eigenvalue weighted by Crippen LogP contribution is 2.26. The number of nitrogens with two attached hydrogens (primary N) is 1. The highest BCUT2D eigenvalue weighted by molar-refractivity contribution is 14.1. The highest BCUT2D eigenvalue weighted by Gasteiger charge is 2.27. The molecule has 4 heteroatoms. The topological polar surface area (TPSA) is 41.6 Å². The van der Waals surface area contributed by atoms with Gasteiger partial charge in [-0.05, 0) is 46.2 Å². The van der Waals surface area contributed by atoms with Crippen LogP contribution in [0.5, 0.6) is 0 Å². The van der Waals surface area contributed by atoms with E-state index in [1.807, 2.05) is 0 Å². The molecule has 0 saturated heterocycles. The van der Waals surface area contributed by atoms with Crippen LogP contribution in [-0.4, -0.2) is 23.9 Å². The maximum atomic E-state index is 5.96. The first kappa shape index (κ1) is 12.7. The second-order valence-electron chi connectivity index (χ2n) is 4.81. The van der Waals surface area contributed by atoms with Crippen LogP contribution in [0.1, 0.15) is 25.5 Å². The molecule has 1 aromatic rings. The Balaban J connectivity index is 2.18. The van der Waals surface area contributed by atoms with Crippen molar-refractivity contribution in [2.75, 3.05) is 13.1 Å². The first-order chi connectivity index (χ1) is 8.08. The summed E-state index contributed by atoms with van der Waals surface area (Å²) in [6.07, 6.45) is 0. The molecular formula is C13H18IN3. The molecule has 1 unspecified atom stereocenters. The van der Waals surface area contributed by atoms with Crippen LogP contribution < -0.4 is 5.73 Å². The Morgan fingerprint density at radius 2 is 2.06 bits per heavy atom. The molecule has 0 saturated carbocycles. The Morgan fingerprint density at radius 3 is 2.65 bits per heavy atom. The predicted molar refractivity (Wildman–Crippen MR) is 79.9 cm³/mol. The number of hydrogen-bond acceptors (Lipinski definition) is 3. The molecule has 1 aromatic carbocycles. The molecule has 0 spiro atoms. The van der Waals surface area contributed by atoms with Crippen LogP contribution in [0.2, 0.25) is 0 Å². The van der Waals surface area contributed by atoms with E-state index < -0.39 is 0 Å². The number of guanidine groups is 1. The lowest BCUT2D eigenvalue weighted by Gasteiger charge is -2.28. The molecule has 3 nitrogen and oxygen atoms in total. The van der Waals surface area contributed by atoms with Gasteiger partial charge in [-0.1, -0.05) is 26.0 Å². The van der Waals surface area contributed by atoms with Crippen molar-refractivity contribution in [3.05, 3.63) is 33.4 Å². The summed E-state index contributed by atoms with van der Waals surface area (Å²) in [7, 11) is 0. The molecule has 17 heavy (non-hydrogen) atoms. The van der Waals surface area contributed by atoms with E-state index in [1.165, 1.54) is 9.13 Å². The van der Waals surface area contributed by atoms with Crippen molar-refractivity contribution in [3.8, 4) is 0 Å². The maximum absolute atomic E-state index is 5.96. The molecule has 1 atom stereocenters. The lowest BCUT2D eigenvalue weighted by Crippen LogP contribution is -2.38. The summed E-state index contributed by atoms with van der Waals surface area (Å²) in [5.74, 6) is 1.27. The molecule has 0 aliphatic carbocycles. The molecule has 92 valence electrons. The third-order valence-corrected chi connectivity index (χ3v) is 3.63. The van der Waals surface area contributed by atoms with E-state index in [9.17, 15) is 0 Å². The number of aliphatic imine (C=N–C) groups is 1. The summed E-state index contributed by atoms with van der Waals surface area (Å²) in [5.41, 5.74) is 7.26. The summed E-state index contributed by atoms with van der Waals surface area (Å²) >= 11 is 2.32. The zero-order chi connectivity index (χ0) is 12.4. The van der Waals surface area contributed by atoms with Gasteiger partial charge in [-0.15, -0.1) is 0 Å². The molecule has 0 fully saturated rings. The Kier molecular flexibility index (Phi) is 3.91. The van der Waals surface area contributed by atoms with Gasteiger partial charge in [0.25, 0.3) is 0 Å². The third kappa shape index (κ3) is 2.91. The van der Waals surface area contributed by atoms with E-state index in [0.29, 0.717) is 17.9 Å². The summed E-state index contributed by atoms with van der Waals surface area (Å²) in [6.45, 7) is 6.15. The van der Waals surface area contributed by atoms with Crippen molar-refractivity contribution < 1.29 is 0 Å². The molecule has 0 aromatic heterocycles. The van der Waals surface area contributed by atoms with Crippen LogP contribution in [-0.2, 0) is 0 Å². The standard InChI is InChI=1S/C13H18IN3/c1-9(2)8-17-12(7-16-13(17)15)10-3-5-11(14)6-4-10/h3-6,9,12H,7-8H2,1-2H3,(H2,15,16). The highest BCUT2D eigenvalue weighted by atomic mass is 127. The second-order valence-corrected chi connectivity index (χ2v) is 6.06. The van der Waals surface area contributed by atoms with Gasteiger partial charge in [-0.2, -0.15) is 0 Å². The lowest BCUT2D eigenvalue weighted by molar-refractivity contribution is 0.309. The Morgan fingerprint density at radius 1 is 1.41 bits per heavy atom. The molecule has 1 aliphatic heterocycles. The van der Waals surface area contributed by atoms with Crippen LogP contribution in [0.3, 0.4) is 0 Å². The van der Waals surface area contributed by atoms with E-state index in [1.54, 1.807) is 0 Å². The number of benzene rings is 1. The summed E-state index contributed by atoms with van der Waals surface area (Å²) in [6, 6.07) is 8.94. The smallest absolute Gasteiger partial charge is 0.191 e. The van der Waals surface area contributed by atoms with E-state index >= 15 is 0 Å². The maximum Gasteiger partial charge on any atom is 0.191 e. The SMILES string of the molecule is CC(C)CN1C(N)=NCC1c1ccc(I)cc1. The molecule has 0 bridgehead atoms. The van der Waals surface area contributed by atoms with E-state index in [4.69, 9.17) is 5.73 Å². The van der Waals surface area contributed by atoms with Crippen molar-refractivity contribution in [2.24, 2.45) is 16.6 Å². The quantitative estimate of drug-likeness (QED) is 0.858. The predicted octanol–water partition coefficient (Wildman–Crippen LogP) is 2.62. The fourth-order valence-electron chi connectivity index (χ4n) is 2.11. The fraction of sp³-hybridized carbons (Fsp3) is 0.462. The molecule has 1 heterocycles. The van der Waals surface area contributed by atoms with Gasteiger partial charge < -0.3 is 10.6 Å². The molecule has 2 rings (SSSR count). The van der Waals surface area contributed by atoms with Gasteiger partial charge in [0, 0.05) is 10.1 Å². The van der Waals surface area contributed by atoms with Gasteiger partial charge >= 0.3 is 0 Å². The minimum atomic E-state index is 0.314. The van der Waals surface area contributed by atoms with E-state index in [2.05, 4.69) is 70.6 Å². The largest absolute Gasteiger partial charge is 0.370 e. The van der Waals surface area contributed by atoms with Crippen LogP contribution in [0, 0.1) is 9.49 Å². The monoisotopic (exact) mass is 343 g/mol. The van der Waals surface area contributed by atoms with Crippen LogP contribution >= 0.6 is 22.6 Å². The first-order valence-electron chi connectivity index (χ1n) is 5.90. The number of rotatable bonds is 3. The average Bonchev–Trinajstić information content (AvgIpc) is 2.61. The third-order valence-electron chi connectivity index (χ3n) is 2.91. The van der Waals surface area contributed by atoms with Crippen molar-refractivity contribution in [2.45, 2.75) is 19.9 Å². The van der Waals surface area contributed by atoms with Gasteiger partial charge in [0.2, 0.25) is 0 Å². The average molecular weight is 343 g/mol. The summed E-state index contributed by atoms with van der Waals surface area (Å²) in [5, 5.41) is 0. The second kappa shape index (κ2) is 5.25. The van der Waals surface area contributed by atoms with Crippen LogP contribution in [0.25, 0.3) is 0 Å². The van der Waals surface area contributed by atoms with Crippen molar-refractivity contribution >= 4 is 28.6 Å². The zero-order valence-electron chi connectivity index (χ0n) is 10.2. The Labute approximate surface area is 116 Å². The summed E-state index contributed by atoms with van der Waals surface area (Å²) in [4.78, 5) is 6.58. The van der Waals surface area contributed by atoms with Crippen molar-refractivity contribution in [3.63, 3.8) is 0 Å². The number of halogens is 1. The Hall–Kier alpha value is -0.780. The van der Waals surface area contributed by atoms with Crippen LogP contribution in [0.4, 0.5) is 0 Å². The fourth-order valence-corrected chi connectivity index (χ4v) is 2.47. The number of hydrogen-bond donors (Lipinski definition) is 1. The molecular weight excluding hydrogens is 325 g/mol. The van der Waals surface area contributed by atoms with Gasteiger partial charge in [-0.25, -0.2) is 0 Å². The first-order valence-corrected chi connectivity index (χ1v) is 6.98. The molecule has 0 amide bonds. The van der Waals surface area contributed by atoms with Crippen LogP contribution in [0.15, 0.2) is 29.3 Å². The lowest BCUT2D eigenvalue weighted by atomic mass is 10.1. The zero-order valence-corrected chi connectivity index (χ0v) is 12.4. The van der Waals surface area contributed by atoms with E-state index in [0.717, 1.165) is 13.1 Å². The minimum absolute atomic E-state index is 0.314. The van der Waals surface area contributed by atoms with Gasteiger partial charge in [-0.3, -0.25) is 4.99 Å². The Bertz CT molecular complexity index is 411.